The van der Waals surface area contributed by atoms with Gasteiger partial charge in [-0.15, -0.1) is 0 Å². The minimum atomic E-state index is -0.698. The third kappa shape index (κ3) is 5.87. The number of ether oxygens (including phenoxy) is 1. The predicted octanol–water partition coefficient (Wildman–Crippen LogP) is 3.88. The maximum absolute atomic E-state index is 12.6. The van der Waals surface area contributed by atoms with E-state index in [0.29, 0.717) is 27.4 Å². The molecule has 1 aliphatic rings. The average molecular weight is 496 g/mol. The maximum Gasteiger partial charge on any atom is 0.360 e. The zero-order valence-electron chi connectivity index (χ0n) is 19.5. The first kappa shape index (κ1) is 24.4. The highest BCUT2D eigenvalue weighted by atomic mass is 35.5. The Morgan fingerprint density at radius 1 is 1.23 bits per heavy atom. The Hall–Kier alpha value is -3.69. The summed E-state index contributed by atoms with van der Waals surface area (Å²) in [7, 11) is 2.09. The van der Waals surface area contributed by atoms with E-state index < -0.39 is 11.5 Å². The molecule has 0 bridgehead atoms. The lowest BCUT2D eigenvalue weighted by Gasteiger charge is -2.29. The topological polar surface area (TPSA) is 123 Å². The maximum atomic E-state index is 12.6. The normalized spacial score (nSPS) is 15.6. The highest BCUT2D eigenvalue weighted by Crippen LogP contribution is 2.29. The van der Waals surface area contributed by atoms with Crippen molar-refractivity contribution < 1.29 is 13.9 Å². The van der Waals surface area contributed by atoms with Crippen LogP contribution in [0.15, 0.2) is 61.8 Å². The van der Waals surface area contributed by atoms with E-state index in [1.54, 1.807) is 36.4 Å². The number of nitrogens with one attached hydrogen (secondary N) is 1. The van der Waals surface area contributed by atoms with Gasteiger partial charge in [-0.1, -0.05) is 11.6 Å². The number of nitrogens with two attached hydrogens (primary N) is 1. The van der Waals surface area contributed by atoms with Crippen LogP contribution in [0, 0.1) is 6.92 Å². The molecule has 0 spiro atoms. The first-order chi connectivity index (χ1) is 16.8. The van der Waals surface area contributed by atoms with E-state index in [4.69, 9.17) is 26.6 Å². The fourth-order valence-corrected chi connectivity index (χ4v) is 3.93. The Morgan fingerprint density at radius 3 is 2.63 bits per heavy atom. The van der Waals surface area contributed by atoms with Gasteiger partial charge in [0.25, 0.3) is 5.91 Å². The number of anilines is 1. The molecule has 1 aromatic heterocycles. The molecule has 1 fully saturated rings. The van der Waals surface area contributed by atoms with E-state index in [1.165, 1.54) is 6.21 Å². The standard InChI is InChI=1S/C25H26ClN5O4/c1-15-22(34-19-9-11-31(2)12-10-19)8-3-16-13-20(25(33)35-23(15)16)29-24(32)21(30-27)14-28-18-6-4-17(26)5-7-18/h3-8,13-14,19H,9-12,27H2,1-2H3,(H,29,32). The van der Waals surface area contributed by atoms with E-state index in [2.05, 4.69) is 27.4 Å². The van der Waals surface area contributed by atoms with Crippen LogP contribution in [-0.4, -0.2) is 49.0 Å². The van der Waals surface area contributed by atoms with Gasteiger partial charge in [-0.3, -0.25) is 9.79 Å². The van der Waals surface area contributed by atoms with Crippen LogP contribution in [0.25, 0.3) is 11.0 Å². The quantitative estimate of drug-likeness (QED) is 0.231. The van der Waals surface area contributed by atoms with Crippen LogP contribution in [0.5, 0.6) is 5.75 Å². The van der Waals surface area contributed by atoms with Gasteiger partial charge >= 0.3 is 5.63 Å². The Morgan fingerprint density at radius 2 is 1.94 bits per heavy atom. The number of benzene rings is 2. The second-order valence-corrected chi connectivity index (χ2v) is 8.81. The summed E-state index contributed by atoms with van der Waals surface area (Å²) in [5, 5.41) is 7.18. The molecular formula is C25H26ClN5O4. The Labute approximate surface area is 207 Å². The van der Waals surface area contributed by atoms with Crippen molar-refractivity contribution in [3.05, 3.63) is 63.5 Å². The van der Waals surface area contributed by atoms with Crippen molar-refractivity contribution >= 4 is 51.8 Å². The predicted molar refractivity (Wildman–Crippen MR) is 138 cm³/mol. The van der Waals surface area contributed by atoms with Gasteiger partial charge in [0.2, 0.25) is 0 Å². The number of aryl methyl sites for hydroxylation is 1. The van der Waals surface area contributed by atoms with E-state index in [9.17, 15) is 9.59 Å². The second kappa shape index (κ2) is 10.7. The van der Waals surface area contributed by atoms with Crippen LogP contribution in [0.1, 0.15) is 18.4 Å². The molecule has 2 aromatic carbocycles. The molecule has 35 heavy (non-hydrogen) atoms. The third-order valence-electron chi connectivity index (χ3n) is 5.84. The van der Waals surface area contributed by atoms with Crippen molar-refractivity contribution in [1.82, 2.24) is 4.90 Å². The zero-order valence-corrected chi connectivity index (χ0v) is 20.2. The van der Waals surface area contributed by atoms with Gasteiger partial charge in [0.15, 0.2) is 5.71 Å². The summed E-state index contributed by atoms with van der Waals surface area (Å²) < 4.78 is 11.7. The first-order valence-electron chi connectivity index (χ1n) is 11.2. The van der Waals surface area contributed by atoms with E-state index in [1.807, 2.05) is 13.0 Å². The van der Waals surface area contributed by atoms with Crippen molar-refractivity contribution in [3.8, 4) is 5.75 Å². The largest absolute Gasteiger partial charge is 0.490 e. The molecule has 1 aliphatic heterocycles. The van der Waals surface area contributed by atoms with Crippen molar-refractivity contribution in [2.45, 2.75) is 25.9 Å². The van der Waals surface area contributed by atoms with Crippen LogP contribution in [-0.2, 0) is 4.79 Å². The minimum absolute atomic E-state index is 0.0353. The fraction of sp³-hybridized carbons (Fsp3) is 0.280. The number of halogens is 1. The Kier molecular flexibility index (Phi) is 7.48. The number of fused-ring (bicyclic) bond motifs is 1. The Bertz CT molecular complexity index is 1340. The molecule has 0 atom stereocenters. The number of carbonyl (C=O) groups is 1. The molecule has 2 heterocycles. The molecule has 3 aromatic rings. The van der Waals surface area contributed by atoms with Gasteiger partial charge < -0.3 is 25.2 Å². The SMILES string of the molecule is Cc1c(OC2CCN(C)CC2)ccc2cc(NC(=O)C(C=Nc3ccc(Cl)cc3)=NN)c(=O)oc12. The summed E-state index contributed by atoms with van der Waals surface area (Å²) >= 11 is 5.86. The molecule has 3 N–H and O–H groups in total. The molecule has 0 aliphatic carbocycles. The number of aliphatic imine (C=N–C) groups is 1. The van der Waals surface area contributed by atoms with Gasteiger partial charge in [0.1, 0.15) is 23.1 Å². The number of hydrogen-bond acceptors (Lipinski definition) is 8. The number of piperidine rings is 1. The number of hydrogen-bond donors (Lipinski definition) is 2. The number of carbonyl (C=O) groups excluding carboxylic acids is 1. The molecule has 0 saturated carbocycles. The summed E-state index contributed by atoms with van der Waals surface area (Å²) in [4.78, 5) is 31.7. The molecule has 4 rings (SSSR count). The monoisotopic (exact) mass is 495 g/mol. The molecular weight excluding hydrogens is 470 g/mol. The van der Waals surface area contributed by atoms with Crippen LogP contribution in [0.3, 0.4) is 0 Å². The highest BCUT2D eigenvalue weighted by molar-refractivity contribution is 6.63. The average Bonchev–Trinajstić information content (AvgIpc) is 2.85. The van der Waals surface area contributed by atoms with Crippen LogP contribution < -0.4 is 21.5 Å². The van der Waals surface area contributed by atoms with Crippen LogP contribution >= 0.6 is 11.6 Å². The molecule has 0 radical (unpaired) electrons. The summed E-state index contributed by atoms with van der Waals surface area (Å²) in [6.07, 6.45) is 3.21. The number of rotatable bonds is 6. The van der Waals surface area contributed by atoms with E-state index >= 15 is 0 Å². The highest BCUT2D eigenvalue weighted by Gasteiger charge is 2.20. The third-order valence-corrected chi connectivity index (χ3v) is 6.09. The van der Waals surface area contributed by atoms with Crippen LogP contribution in [0.4, 0.5) is 11.4 Å². The molecule has 0 unspecified atom stereocenters. The van der Waals surface area contributed by atoms with Crippen LogP contribution in [0.2, 0.25) is 5.02 Å². The van der Waals surface area contributed by atoms with Crippen molar-refractivity contribution in [1.29, 1.82) is 0 Å². The summed E-state index contributed by atoms with van der Waals surface area (Å²) in [5.41, 5.74) is 0.800. The molecule has 10 heteroatoms. The second-order valence-electron chi connectivity index (χ2n) is 8.38. The van der Waals surface area contributed by atoms with Gasteiger partial charge in [0, 0.05) is 29.1 Å². The lowest BCUT2D eigenvalue weighted by Crippen LogP contribution is -2.35. The van der Waals surface area contributed by atoms with E-state index in [-0.39, 0.29) is 17.5 Å². The van der Waals surface area contributed by atoms with Gasteiger partial charge in [-0.2, -0.15) is 5.10 Å². The summed E-state index contributed by atoms with van der Waals surface area (Å²) in [5.74, 6) is 5.35. The smallest absolute Gasteiger partial charge is 0.360 e. The number of likely N-dealkylation sites (tertiary alicyclic amines) is 1. The Balaban J connectivity index is 1.51. The molecule has 9 nitrogen and oxygen atoms in total. The first-order valence-corrected chi connectivity index (χ1v) is 11.5. The van der Waals surface area contributed by atoms with Crippen molar-refractivity contribution in [3.63, 3.8) is 0 Å². The fourth-order valence-electron chi connectivity index (χ4n) is 3.80. The minimum Gasteiger partial charge on any atom is -0.490 e. The summed E-state index contributed by atoms with van der Waals surface area (Å²) in [6, 6.07) is 11.9. The number of amides is 1. The molecule has 1 saturated heterocycles. The summed E-state index contributed by atoms with van der Waals surface area (Å²) in [6.45, 7) is 3.81. The zero-order chi connectivity index (χ0) is 24.9. The van der Waals surface area contributed by atoms with Gasteiger partial charge in [-0.05, 0) is 69.3 Å². The van der Waals surface area contributed by atoms with Gasteiger partial charge in [0.05, 0.1) is 11.9 Å². The lowest BCUT2D eigenvalue weighted by atomic mass is 10.1. The molecule has 1 amide bonds. The van der Waals surface area contributed by atoms with E-state index in [0.717, 1.165) is 31.5 Å². The van der Waals surface area contributed by atoms with Crippen molar-refractivity contribution in [2.24, 2.45) is 15.9 Å². The van der Waals surface area contributed by atoms with Gasteiger partial charge in [-0.25, -0.2) is 4.79 Å². The number of nitrogens with zero attached hydrogens (tertiary/aromatic N) is 3. The lowest BCUT2D eigenvalue weighted by molar-refractivity contribution is -0.110. The molecule has 182 valence electrons. The number of hydrazone groups is 1. The van der Waals surface area contributed by atoms with Crippen molar-refractivity contribution in [2.75, 3.05) is 25.5 Å².